The zero-order valence-electron chi connectivity index (χ0n) is 16.9. The summed E-state index contributed by atoms with van der Waals surface area (Å²) in [4.78, 5) is 46.9. The lowest BCUT2D eigenvalue weighted by Gasteiger charge is -2.29. The molecule has 2 rings (SSSR count). The molecule has 29 heavy (non-hydrogen) atoms. The number of nitrogens with one attached hydrogen (secondary N) is 2. The van der Waals surface area contributed by atoms with Gasteiger partial charge in [-0.15, -0.1) is 0 Å². The first-order valence-corrected chi connectivity index (χ1v) is 9.91. The van der Waals surface area contributed by atoms with Crippen LogP contribution in [0.3, 0.4) is 0 Å². The Kier molecular flexibility index (Phi) is 8.64. The van der Waals surface area contributed by atoms with E-state index < -0.39 is 24.5 Å². The van der Waals surface area contributed by atoms with Gasteiger partial charge in [0.05, 0.1) is 0 Å². The first-order chi connectivity index (χ1) is 13.9. The Balaban J connectivity index is 1.65. The molecule has 0 bridgehead atoms. The van der Waals surface area contributed by atoms with Gasteiger partial charge >= 0.3 is 12.0 Å². The van der Waals surface area contributed by atoms with Crippen LogP contribution in [0.2, 0.25) is 0 Å². The molecule has 1 aliphatic rings. The summed E-state index contributed by atoms with van der Waals surface area (Å²) in [6.45, 7) is 2.89. The van der Waals surface area contributed by atoms with E-state index in [0.717, 1.165) is 25.7 Å². The Labute approximate surface area is 170 Å². The van der Waals surface area contributed by atoms with Crippen molar-refractivity contribution < 1.29 is 28.7 Å². The van der Waals surface area contributed by atoms with E-state index in [9.17, 15) is 19.2 Å². The highest BCUT2D eigenvalue weighted by Gasteiger charge is 2.23. The van der Waals surface area contributed by atoms with Gasteiger partial charge in [0.1, 0.15) is 5.75 Å². The predicted octanol–water partition coefficient (Wildman–Crippen LogP) is 2.61. The topological polar surface area (TPSA) is 111 Å². The van der Waals surface area contributed by atoms with Gasteiger partial charge < -0.3 is 14.8 Å². The van der Waals surface area contributed by atoms with Crippen LogP contribution in [-0.2, 0) is 14.3 Å². The Bertz CT molecular complexity index is 731. The predicted molar refractivity (Wildman–Crippen MR) is 106 cm³/mol. The minimum Gasteiger partial charge on any atom is -0.482 e. The van der Waals surface area contributed by atoms with Crippen molar-refractivity contribution in [1.82, 2.24) is 10.6 Å². The summed E-state index contributed by atoms with van der Waals surface area (Å²) in [6.07, 6.45) is 4.56. The monoisotopic (exact) mass is 404 g/mol. The molecule has 1 aromatic carbocycles. The molecule has 8 heteroatoms. The van der Waals surface area contributed by atoms with Crippen LogP contribution >= 0.6 is 0 Å². The van der Waals surface area contributed by atoms with E-state index in [2.05, 4.69) is 17.6 Å². The lowest BCUT2D eigenvalue weighted by Crippen LogP contribution is -2.48. The van der Waals surface area contributed by atoms with Gasteiger partial charge in [0, 0.05) is 18.0 Å². The SMILES string of the molecule is CCC(=O)c1ccc(OCC(=O)OCC(=O)NC(=O)N[C@H]2CCCC[C@H]2C)cc1. The largest absolute Gasteiger partial charge is 0.482 e. The molecule has 0 aromatic heterocycles. The van der Waals surface area contributed by atoms with Crippen molar-refractivity contribution in [2.75, 3.05) is 13.2 Å². The van der Waals surface area contributed by atoms with E-state index >= 15 is 0 Å². The van der Waals surface area contributed by atoms with Gasteiger partial charge in [-0.2, -0.15) is 0 Å². The second-order valence-corrected chi connectivity index (χ2v) is 7.14. The van der Waals surface area contributed by atoms with Crippen LogP contribution in [0.4, 0.5) is 4.79 Å². The highest BCUT2D eigenvalue weighted by Crippen LogP contribution is 2.23. The van der Waals surface area contributed by atoms with Crippen molar-refractivity contribution in [2.24, 2.45) is 5.92 Å². The van der Waals surface area contributed by atoms with E-state index in [1.165, 1.54) is 0 Å². The fourth-order valence-electron chi connectivity index (χ4n) is 3.17. The average molecular weight is 404 g/mol. The molecule has 0 spiro atoms. The number of ketones is 1. The van der Waals surface area contributed by atoms with Crippen LogP contribution in [0, 0.1) is 5.92 Å². The average Bonchev–Trinajstić information content (AvgIpc) is 2.72. The zero-order chi connectivity index (χ0) is 21.2. The minimum absolute atomic E-state index is 0.0175. The van der Waals surface area contributed by atoms with Gasteiger partial charge in [-0.3, -0.25) is 14.9 Å². The van der Waals surface area contributed by atoms with Gasteiger partial charge in [0.15, 0.2) is 19.0 Å². The summed E-state index contributed by atoms with van der Waals surface area (Å²) in [7, 11) is 0. The van der Waals surface area contributed by atoms with Crippen LogP contribution in [0.25, 0.3) is 0 Å². The van der Waals surface area contributed by atoms with E-state index in [1.54, 1.807) is 31.2 Å². The molecule has 0 radical (unpaired) electrons. The summed E-state index contributed by atoms with van der Waals surface area (Å²) in [5.74, 6) is -0.658. The van der Waals surface area contributed by atoms with Gasteiger partial charge in [0.25, 0.3) is 5.91 Å². The number of benzene rings is 1. The molecule has 0 aliphatic heterocycles. The maximum Gasteiger partial charge on any atom is 0.344 e. The van der Waals surface area contributed by atoms with Crippen molar-refractivity contribution in [2.45, 2.75) is 52.0 Å². The standard InChI is InChI=1S/C21H28N2O6/c1-3-18(24)15-8-10-16(11-9-15)28-13-20(26)29-12-19(25)23-21(27)22-17-7-5-4-6-14(17)2/h8-11,14,17H,3-7,12-13H2,1-2H3,(H2,22,23,25,27)/t14-,17+/m1/s1. The molecular formula is C21H28N2O6. The number of carbonyl (C=O) groups is 4. The molecule has 2 N–H and O–H groups in total. The molecule has 0 saturated heterocycles. The third kappa shape index (κ3) is 7.56. The van der Waals surface area contributed by atoms with Crippen molar-refractivity contribution in [3.8, 4) is 5.75 Å². The van der Waals surface area contributed by atoms with E-state index in [1.807, 2.05) is 0 Å². The Morgan fingerprint density at radius 1 is 1.03 bits per heavy atom. The Hall–Kier alpha value is -2.90. The van der Waals surface area contributed by atoms with Gasteiger partial charge in [0.2, 0.25) is 0 Å². The smallest absolute Gasteiger partial charge is 0.344 e. The molecule has 1 fully saturated rings. The number of carbonyl (C=O) groups excluding carboxylic acids is 4. The summed E-state index contributed by atoms with van der Waals surface area (Å²) in [5, 5.41) is 4.95. The first-order valence-electron chi connectivity index (χ1n) is 9.91. The zero-order valence-corrected chi connectivity index (χ0v) is 16.9. The number of urea groups is 1. The summed E-state index contributed by atoms with van der Waals surface area (Å²) < 4.78 is 10.1. The Morgan fingerprint density at radius 2 is 1.72 bits per heavy atom. The molecular weight excluding hydrogens is 376 g/mol. The molecule has 1 aromatic rings. The number of esters is 1. The molecule has 0 unspecified atom stereocenters. The third-order valence-corrected chi connectivity index (χ3v) is 4.90. The van der Waals surface area contributed by atoms with E-state index in [0.29, 0.717) is 23.7 Å². The quantitative estimate of drug-likeness (QED) is 0.509. The fraction of sp³-hybridized carbons (Fsp3) is 0.524. The lowest BCUT2D eigenvalue weighted by atomic mass is 9.86. The van der Waals surface area contributed by atoms with Crippen LogP contribution in [0.15, 0.2) is 24.3 Å². The van der Waals surface area contributed by atoms with Gasteiger partial charge in [-0.05, 0) is 43.0 Å². The third-order valence-electron chi connectivity index (χ3n) is 4.90. The molecule has 1 saturated carbocycles. The Morgan fingerprint density at radius 3 is 2.38 bits per heavy atom. The van der Waals surface area contributed by atoms with Gasteiger partial charge in [-0.25, -0.2) is 9.59 Å². The summed E-state index contributed by atoms with van der Waals surface area (Å²) >= 11 is 0. The highest BCUT2D eigenvalue weighted by atomic mass is 16.6. The number of imide groups is 1. The molecule has 158 valence electrons. The summed E-state index contributed by atoms with van der Waals surface area (Å²) in [6, 6.07) is 5.87. The number of ether oxygens (including phenoxy) is 2. The molecule has 3 amide bonds. The van der Waals surface area contributed by atoms with Crippen LogP contribution in [-0.4, -0.2) is 42.9 Å². The highest BCUT2D eigenvalue weighted by molar-refractivity contribution is 5.96. The number of hydrogen-bond acceptors (Lipinski definition) is 6. The van der Waals surface area contributed by atoms with Crippen molar-refractivity contribution >= 4 is 23.7 Å². The van der Waals surface area contributed by atoms with Crippen LogP contribution < -0.4 is 15.4 Å². The molecule has 1 aliphatic carbocycles. The minimum atomic E-state index is -0.741. The molecule has 8 nitrogen and oxygen atoms in total. The second kappa shape index (κ2) is 11.2. The normalized spacial score (nSPS) is 18.4. The molecule has 2 atom stereocenters. The number of amides is 3. The van der Waals surface area contributed by atoms with Crippen molar-refractivity contribution in [3.63, 3.8) is 0 Å². The van der Waals surface area contributed by atoms with Crippen LogP contribution in [0.1, 0.15) is 56.3 Å². The fourth-order valence-corrected chi connectivity index (χ4v) is 3.17. The van der Waals surface area contributed by atoms with E-state index in [-0.39, 0.29) is 18.4 Å². The van der Waals surface area contributed by atoms with Gasteiger partial charge in [-0.1, -0.05) is 26.7 Å². The van der Waals surface area contributed by atoms with Crippen LogP contribution in [0.5, 0.6) is 5.75 Å². The maximum absolute atomic E-state index is 11.9. The number of Topliss-reactive ketones (excluding diaryl/α,β-unsaturated/α-hetero) is 1. The maximum atomic E-state index is 11.9. The number of hydrogen-bond donors (Lipinski definition) is 2. The van der Waals surface area contributed by atoms with E-state index in [4.69, 9.17) is 9.47 Å². The van der Waals surface area contributed by atoms with Crippen molar-refractivity contribution in [3.05, 3.63) is 29.8 Å². The summed E-state index contributed by atoms with van der Waals surface area (Å²) in [5.41, 5.74) is 0.569. The number of rotatable bonds is 8. The first kappa shape index (κ1) is 22.4. The lowest BCUT2D eigenvalue weighted by molar-refractivity contribution is -0.150. The second-order valence-electron chi connectivity index (χ2n) is 7.14. The van der Waals surface area contributed by atoms with Crippen molar-refractivity contribution in [1.29, 1.82) is 0 Å². The molecule has 0 heterocycles.